The number of hydrogen-bond donors (Lipinski definition) is 0. The Bertz CT molecular complexity index is 1270. The van der Waals surface area contributed by atoms with E-state index in [4.69, 9.17) is 0 Å². The average Bonchev–Trinajstić information content (AvgIpc) is 3.13. The van der Waals surface area contributed by atoms with Gasteiger partial charge in [0.05, 0.1) is 18.1 Å². The summed E-state index contributed by atoms with van der Waals surface area (Å²) in [4.78, 5) is 30.7. The molecule has 2 aromatic heterocycles. The summed E-state index contributed by atoms with van der Waals surface area (Å²) in [7, 11) is 0. The predicted octanol–water partition coefficient (Wildman–Crippen LogP) is 3.29. The smallest absolute Gasteiger partial charge is 0.317 e. The molecule has 2 aromatic carbocycles. The molecule has 0 aliphatic heterocycles. The monoisotopic (exact) mass is 374 g/mol. The molecule has 6 nitrogen and oxygen atoms in total. The minimum Gasteiger partial charge on any atom is -0.317 e. The van der Waals surface area contributed by atoms with Gasteiger partial charge in [0, 0.05) is 6.54 Å². The first-order chi connectivity index (χ1) is 13.5. The Balaban J connectivity index is 2.06. The highest BCUT2D eigenvalue weighted by atomic mass is 16.2. The van der Waals surface area contributed by atoms with Crippen LogP contribution < -0.4 is 11.2 Å². The molecule has 0 spiro atoms. The Morgan fingerprint density at radius 3 is 2.46 bits per heavy atom. The van der Waals surface area contributed by atoms with Crippen LogP contribution >= 0.6 is 0 Å². The Kier molecular flexibility index (Phi) is 4.47. The van der Waals surface area contributed by atoms with Gasteiger partial charge < -0.3 is 4.57 Å². The van der Waals surface area contributed by atoms with Gasteiger partial charge in [-0.25, -0.2) is 14.3 Å². The summed E-state index contributed by atoms with van der Waals surface area (Å²) in [6.07, 6.45) is 1.65. The second-order valence-corrected chi connectivity index (χ2v) is 6.92. The van der Waals surface area contributed by atoms with Gasteiger partial charge >= 0.3 is 5.69 Å². The molecule has 0 aliphatic rings. The molecule has 0 saturated heterocycles. The van der Waals surface area contributed by atoms with Crippen molar-refractivity contribution in [3.63, 3.8) is 0 Å². The van der Waals surface area contributed by atoms with Crippen molar-refractivity contribution in [2.45, 2.75) is 33.4 Å². The summed E-state index contributed by atoms with van der Waals surface area (Å²) in [5.41, 5.74) is 2.93. The third-order valence-electron chi connectivity index (χ3n) is 5.13. The molecule has 0 aliphatic carbocycles. The summed E-state index contributed by atoms with van der Waals surface area (Å²) in [5.74, 6) is 0. The number of fused-ring (bicyclic) bond motifs is 1. The zero-order valence-electron chi connectivity index (χ0n) is 16.2. The number of aryl methyl sites for hydroxylation is 1. The fourth-order valence-corrected chi connectivity index (χ4v) is 3.61. The van der Waals surface area contributed by atoms with E-state index >= 15 is 0 Å². The Morgan fingerprint density at radius 1 is 1.04 bits per heavy atom. The molecule has 0 N–H and O–H groups in total. The average molecular weight is 374 g/mol. The summed E-state index contributed by atoms with van der Waals surface area (Å²) in [6.45, 7) is 6.09. The van der Waals surface area contributed by atoms with E-state index in [0.29, 0.717) is 23.4 Å². The van der Waals surface area contributed by atoms with Gasteiger partial charge in [-0.1, -0.05) is 42.5 Å². The van der Waals surface area contributed by atoms with Crippen molar-refractivity contribution in [2.75, 3.05) is 0 Å². The first-order valence-corrected chi connectivity index (χ1v) is 9.37. The highest BCUT2D eigenvalue weighted by Crippen LogP contribution is 2.22. The lowest BCUT2D eigenvalue weighted by Gasteiger charge is -2.16. The maximum absolute atomic E-state index is 13.1. The summed E-state index contributed by atoms with van der Waals surface area (Å²) >= 11 is 0. The molecule has 4 rings (SSSR count). The zero-order valence-corrected chi connectivity index (χ0v) is 16.2. The molecule has 0 unspecified atom stereocenters. The maximum Gasteiger partial charge on any atom is 0.337 e. The van der Waals surface area contributed by atoms with Gasteiger partial charge in [-0.2, -0.15) is 0 Å². The zero-order chi connectivity index (χ0) is 19.8. The number of benzene rings is 2. The molecule has 2 heterocycles. The van der Waals surface area contributed by atoms with Gasteiger partial charge in [0.15, 0.2) is 11.2 Å². The molecular weight excluding hydrogens is 352 g/mol. The number of hydrogen-bond acceptors (Lipinski definition) is 3. The first-order valence-electron chi connectivity index (χ1n) is 9.37. The summed E-state index contributed by atoms with van der Waals surface area (Å²) in [6, 6.07) is 17.5. The van der Waals surface area contributed by atoms with E-state index in [9.17, 15) is 9.59 Å². The van der Waals surface area contributed by atoms with Crippen LogP contribution in [0.2, 0.25) is 0 Å². The highest BCUT2D eigenvalue weighted by Gasteiger charge is 2.21. The van der Waals surface area contributed by atoms with Crippen LogP contribution in [-0.2, 0) is 6.54 Å². The van der Waals surface area contributed by atoms with Gasteiger partial charge in [-0.05, 0) is 44.0 Å². The molecule has 0 fully saturated rings. The van der Waals surface area contributed by atoms with Crippen molar-refractivity contribution >= 4 is 11.2 Å². The van der Waals surface area contributed by atoms with Crippen molar-refractivity contribution < 1.29 is 0 Å². The van der Waals surface area contributed by atoms with Crippen LogP contribution in [0.15, 0.2) is 70.5 Å². The molecule has 28 heavy (non-hydrogen) atoms. The number of nitrogens with zero attached hydrogens (tertiary/aromatic N) is 4. The van der Waals surface area contributed by atoms with E-state index in [0.717, 1.165) is 11.1 Å². The molecular formula is C22H22N4O2. The second-order valence-electron chi connectivity index (χ2n) is 6.92. The van der Waals surface area contributed by atoms with Gasteiger partial charge in [0.2, 0.25) is 0 Å². The van der Waals surface area contributed by atoms with Crippen LogP contribution in [0.5, 0.6) is 0 Å². The van der Waals surface area contributed by atoms with Gasteiger partial charge in [-0.15, -0.1) is 0 Å². The van der Waals surface area contributed by atoms with E-state index in [1.165, 1.54) is 9.13 Å². The minimum absolute atomic E-state index is 0.0901. The van der Waals surface area contributed by atoms with Gasteiger partial charge in [0.25, 0.3) is 5.56 Å². The van der Waals surface area contributed by atoms with Crippen molar-refractivity contribution in [3.05, 3.63) is 92.9 Å². The van der Waals surface area contributed by atoms with Crippen molar-refractivity contribution in [1.82, 2.24) is 18.7 Å². The SMILES string of the molecule is CCn1c(=O)c2c(ncn2[C@H](C)c2ccccc2)n(-c2cccc(C)c2)c1=O. The lowest BCUT2D eigenvalue weighted by atomic mass is 10.1. The van der Waals surface area contributed by atoms with Crippen LogP contribution in [-0.4, -0.2) is 18.7 Å². The lowest BCUT2D eigenvalue weighted by Crippen LogP contribution is -2.39. The Labute approximate surface area is 162 Å². The van der Waals surface area contributed by atoms with E-state index in [1.807, 2.05) is 73.0 Å². The number of imidazole rings is 1. The lowest BCUT2D eigenvalue weighted by molar-refractivity contribution is 0.631. The van der Waals surface area contributed by atoms with E-state index in [2.05, 4.69) is 4.98 Å². The molecule has 4 aromatic rings. The summed E-state index contributed by atoms with van der Waals surface area (Å²) in [5, 5.41) is 0. The molecule has 1 atom stereocenters. The third kappa shape index (κ3) is 2.78. The molecule has 142 valence electrons. The molecule has 0 amide bonds. The molecule has 6 heteroatoms. The molecule has 0 bridgehead atoms. The van der Waals surface area contributed by atoms with E-state index in [-0.39, 0.29) is 17.3 Å². The highest BCUT2D eigenvalue weighted by molar-refractivity contribution is 5.73. The quantitative estimate of drug-likeness (QED) is 0.551. The largest absolute Gasteiger partial charge is 0.337 e. The standard InChI is InChI=1S/C22H22N4O2/c1-4-24-21(27)19-20(26(22(24)28)18-12-8-9-15(2)13-18)23-14-25(19)16(3)17-10-6-5-7-11-17/h5-14,16H,4H2,1-3H3/t16-/m1/s1. The van der Waals surface area contributed by atoms with Gasteiger partial charge in [-0.3, -0.25) is 9.36 Å². The van der Waals surface area contributed by atoms with E-state index in [1.54, 1.807) is 13.3 Å². The Hall–Kier alpha value is -3.41. The summed E-state index contributed by atoms with van der Waals surface area (Å²) < 4.78 is 4.65. The van der Waals surface area contributed by atoms with Gasteiger partial charge in [0.1, 0.15) is 0 Å². The Morgan fingerprint density at radius 2 is 1.79 bits per heavy atom. The third-order valence-corrected chi connectivity index (χ3v) is 5.13. The van der Waals surface area contributed by atoms with Crippen LogP contribution in [0.3, 0.4) is 0 Å². The van der Waals surface area contributed by atoms with Crippen molar-refractivity contribution in [1.29, 1.82) is 0 Å². The topological polar surface area (TPSA) is 61.8 Å². The normalized spacial score (nSPS) is 12.4. The van der Waals surface area contributed by atoms with E-state index < -0.39 is 0 Å². The fourth-order valence-electron chi connectivity index (χ4n) is 3.61. The van der Waals surface area contributed by atoms with Crippen LogP contribution in [0.1, 0.15) is 31.0 Å². The molecule has 0 radical (unpaired) electrons. The maximum atomic E-state index is 13.1. The van der Waals surface area contributed by atoms with Crippen molar-refractivity contribution in [2.24, 2.45) is 0 Å². The van der Waals surface area contributed by atoms with Crippen LogP contribution in [0.25, 0.3) is 16.9 Å². The predicted molar refractivity (Wildman–Crippen MR) is 110 cm³/mol. The van der Waals surface area contributed by atoms with Crippen molar-refractivity contribution in [3.8, 4) is 5.69 Å². The van der Waals surface area contributed by atoms with Crippen LogP contribution in [0.4, 0.5) is 0 Å². The fraction of sp³-hybridized carbons (Fsp3) is 0.227. The first kappa shape index (κ1) is 18.0. The second kappa shape index (κ2) is 6.96. The number of rotatable bonds is 4. The van der Waals surface area contributed by atoms with Crippen LogP contribution in [0, 0.1) is 6.92 Å². The molecule has 0 saturated carbocycles. The number of aromatic nitrogens is 4. The minimum atomic E-state index is -0.372.